The third-order valence-corrected chi connectivity index (χ3v) is 2.71. The summed E-state index contributed by atoms with van der Waals surface area (Å²) in [6.45, 7) is -0.587. The molecular weight excluding hydrogens is 305 g/mol. The number of hydrogen-bond donors (Lipinski definition) is 2. The fourth-order valence-electron chi connectivity index (χ4n) is 1.67. The third kappa shape index (κ3) is 3.28. The predicted molar refractivity (Wildman–Crippen MR) is 68.5 cm³/mol. The van der Waals surface area contributed by atoms with Crippen molar-refractivity contribution in [3.63, 3.8) is 0 Å². The van der Waals surface area contributed by atoms with Gasteiger partial charge < -0.3 is 10.4 Å². The van der Waals surface area contributed by atoms with Crippen LogP contribution in [0.2, 0.25) is 0 Å². The second-order valence-electron chi connectivity index (χ2n) is 4.17. The van der Waals surface area contributed by atoms with E-state index >= 15 is 0 Å². The number of nitrogens with zero attached hydrogens (tertiary/aromatic N) is 3. The molecule has 2 aromatic rings. The summed E-state index contributed by atoms with van der Waals surface area (Å²) in [5.74, 6) is -4.19. The second kappa shape index (κ2) is 6.35. The summed E-state index contributed by atoms with van der Waals surface area (Å²) in [5.41, 5.74) is -0.663. The first kappa shape index (κ1) is 15.6. The van der Waals surface area contributed by atoms with Gasteiger partial charge in [0.05, 0.1) is 35.5 Å². The lowest BCUT2D eigenvalue weighted by Crippen LogP contribution is -2.18. The minimum Gasteiger partial charge on any atom is -0.394 e. The van der Waals surface area contributed by atoms with Crippen LogP contribution in [0.3, 0.4) is 0 Å². The van der Waals surface area contributed by atoms with Crippen molar-refractivity contribution in [1.82, 2.24) is 9.97 Å². The van der Waals surface area contributed by atoms with Crippen LogP contribution in [0.4, 0.5) is 24.7 Å². The lowest BCUT2D eigenvalue weighted by molar-refractivity contribution is -0.384. The number of nitro groups is 1. The van der Waals surface area contributed by atoms with Crippen molar-refractivity contribution in [2.24, 2.45) is 0 Å². The molecule has 1 unspecified atom stereocenters. The number of rotatable bonds is 5. The molecule has 0 aliphatic rings. The molecule has 0 aliphatic carbocycles. The van der Waals surface area contributed by atoms with Crippen molar-refractivity contribution in [3.05, 3.63) is 57.8 Å². The quantitative estimate of drug-likeness (QED) is 0.497. The Morgan fingerprint density at radius 3 is 2.64 bits per heavy atom. The third-order valence-electron chi connectivity index (χ3n) is 2.71. The van der Waals surface area contributed by atoms with Crippen molar-refractivity contribution in [2.75, 3.05) is 11.9 Å². The first-order valence-corrected chi connectivity index (χ1v) is 5.91. The average molecular weight is 314 g/mol. The molecule has 0 amide bonds. The number of halogens is 3. The van der Waals surface area contributed by atoms with Gasteiger partial charge in [0, 0.05) is 0 Å². The molecule has 10 heteroatoms. The fraction of sp³-hybridized carbons (Fsp3) is 0.167. The summed E-state index contributed by atoms with van der Waals surface area (Å²) >= 11 is 0. The first-order valence-electron chi connectivity index (χ1n) is 5.91. The molecule has 0 fully saturated rings. The van der Waals surface area contributed by atoms with E-state index in [1.54, 1.807) is 0 Å². The van der Waals surface area contributed by atoms with Crippen molar-refractivity contribution in [1.29, 1.82) is 0 Å². The Kier molecular flexibility index (Phi) is 4.51. The maximum absolute atomic E-state index is 13.2. The number of aromatic nitrogens is 2. The molecule has 22 heavy (non-hydrogen) atoms. The Bertz CT molecular complexity index is 697. The van der Waals surface area contributed by atoms with Crippen LogP contribution in [-0.2, 0) is 0 Å². The van der Waals surface area contributed by atoms with Crippen LogP contribution in [-0.4, -0.2) is 26.6 Å². The van der Waals surface area contributed by atoms with Gasteiger partial charge in [0.15, 0.2) is 5.82 Å². The molecule has 0 saturated carbocycles. The highest BCUT2D eigenvalue weighted by Gasteiger charge is 2.23. The Labute approximate surface area is 121 Å². The van der Waals surface area contributed by atoms with Gasteiger partial charge in [-0.05, 0) is 12.1 Å². The molecule has 2 N–H and O–H groups in total. The maximum Gasteiger partial charge on any atom is 0.314 e. The van der Waals surface area contributed by atoms with Gasteiger partial charge in [-0.2, -0.15) is 9.37 Å². The molecule has 0 aromatic carbocycles. The molecule has 0 saturated heterocycles. The molecule has 2 heterocycles. The molecule has 116 valence electrons. The first-order chi connectivity index (χ1) is 10.4. The van der Waals surface area contributed by atoms with Crippen molar-refractivity contribution >= 4 is 11.5 Å². The molecule has 2 rings (SSSR count). The summed E-state index contributed by atoms with van der Waals surface area (Å²) in [6.07, 6.45) is 0.882. The highest BCUT2D eigenvalue weighted by atomic mass is 19.2. The highest BCUT2D eigenvalue weighted by Crippen LogP contribution is 2.27. The molecule has 0 spiro atoms. The molecular formula is C12H9F3N4O3. The number of aliphatic hydroxyl groups excluding tert-OH is 1. The van der Waals surface area contributed by atoms with E-state index in [2.05, 4.69) is 15.3 Å². The average Bonchev–Trinajstić information content (AvgIpc) is 2.48. The van der Waals surface area contributed by atoms with Gasteiger partial charge in [0.2, 0.25) is 5.82 Å². The molecule has 0 aliphatic heterocycles. The van der Waals surface area contributed by atoms with Gasteiger partial charge in [-0.15, -0.1) is 0 Å². The van der Waals surface area contributed by atoms with Crippen LogP contribution in [0.1, 0.15) is 11.7 Å². The SMILES string of the molecule is O=[N+]([O-])c1cc(F)c(F)nc1NC(CO)c1ccc(F)cn1. The minimum atomic E-state index is -1.53. The predicted octanol–water partition coefficient (Wildman–Crippen LogP) is 1.95. The van der Waals surface area contributed by atoms with E-state index < -0.39 is 46.7 Å². The van der Waals surface area contributed by atoms with E-state index in [1.807, 2.05) is 0 Å². The van der Waals surface area contributed by atoms with Gasteiger partial charge in [0.1, 0.15) is 5.82 Å². The summed E-state index contributed by atoms with van der Waals surface area (Å²) in [5, 5.41) is 22.5. The molecule has 2 aromatic heterocycles. The van der Waals surface area contributed by atoms with Crippen LogP contribution in [0.25, 0.3) is 0 Å². The molecule has 1 atom stereocenters. The second-order valence-corrected chi connectivity index (χ2v) is 4.17. The van der Waals surface area contributed by atoms with Crippen molar-refractivity contribution in [3.8, 4) is 0 Å². The van der Waals surface area contributed by atoms with Gasteiger partial charge in [-0.25, -0.2) is 8.78 Å². The Hall–Kier alpha value is -2.75. The summed E-state index contributed by atoms with van der Waals surface area (Å²) in [7, 11) is 0. The van der Waals surface area contributed by atoms with Gasteiger partial charge in [0.25, 0.3) is 5.95 Å². The van der Waals surface area contributed by atoms with E-state index in [-0.39, 0.29) is 5.69 Å². The zero-order valence-corrected chi connectivity index (χ0v) is 10.8. The van der Waals surface area contributed by atoms with Crippen molar-refractivity contribution in [2.45, 2.75) is 6.04 Å². The smallest absolute Gasteiger partial charge is 0.314 e. The molecule has 0 radical (unpaired) electrons. The topological polar surface area (TPSA) is 101 Å². The van der Waals surface area contributed by atoms with E-state index in [9.17, 15) is 28.4 Å². The largest absolute Gasteiger partial charge is 0.394 e. The summed E-state index contributed by atoms with van der Waals surface area (Å²) in [6, 6.07) is 1.66. The molecule has 7 nitrogen and oxygen atoms in total. The Morgan fingerprint density at radius 2 is 2.09 bits per heavy atom. The zero-order valence-electron chi connectivity index (χ0n) is 10.8. The number of anilines is 1. The standard InChI is InChI=1S/C12H9F3N4O3/c13-6-1-2-8(16-4-6)9(5-20)17-12-10(19(21)22)3-7(14)11(15)18-12/h1-4,9,20H,5H2,(H,17,18). The monoisotopic (exact) mass is 314 g/mol. The van der Waals surface area contributed by atoms with E-state index in [0.717, 1.165) is 12.3 Å². The van der Waals surface area contributed by atoms with Crippen molar-refractivity contribution < 1.29 is 23.2 Å². The van der Waals surface area contributed by atoms with Gasteiger partial charge in [-0.3, -0.25) is 15.1 Å². The van der Waals surface area contributed by atoms with Crippen LogP contribution in [0.15, 0.2) is 24.4 Å². The van der Waals surface area contributed by atoms with E-state index in [0.29, 0.717) is 6.07 Å². The van der Waals surface area contributed by atoms with Crippen LogP contribution in [0.5, 0.6) is 0 Å². The number of pyridine rings is 2. The zero-order chi connectivity index (χ0) is 16.3. The minimum absolute atomic E-state index is 0.143. The summed E-state index contributed by atoms with van der Waals surface area (Å²) < 4.78 is 39.0. The molecule has 0 bridgehead atoms. The number of aliphatic hydroxyl groups is 1. The van der Waals surface area contributed by atoms with Crippen LogP contribution < -0.4 is 5.32 Å². The lowest BCUT2D eigenvalue weighted by atomic mass is 10.2. The Morgan fingerprint density at radius 1 is 1.36 bits per heavy atom. The lowest BCUT2D eigenvalue weighted by Gasteiger charge is -2.16. The number of hydrogen-bond acceptors (Lipinski definition) is 6. The summed E-state index contributed by atoms with van der Waals surface area (Å²) in [4.78, 5) is 16.7. The highest BCUT2D eigenvalue weighted by molar-refractivity contribution is 5.56. The van der Waals surface area contributed by atoms with Crippen LogP contribution >= 0.6 is 0 Å². The maximum atomic E-state index is 13.2. The normalized spacial score (nSPS) is 12.0. The Balaban J connectivity index is 2.37. The number of nitrogens with one attached hydrogen (secondary N) is 1. The van der Waals surface area contributed by atoms with E-state index in [1.165, 1.54) is 6.07 Å². The van der Waals surface area contributed by atoms with Gasteiger partial charge in [-0.1, -0.05) is 0 Å². The van der Waals surface area contributed by atoms with Gasteiger partial charge >= 0.3 is 5.69 Å². The van der Waals surface area contributed by atoms with Crippen LogP contribution in [0, 0.1) is 27.7 Å². The van der Waals surface area contributed by atoms with E-state index in [4.69, 9.17) is 0 Å². The fourth-order valence-corrected chi connectivity index (χ4v) is 1.67.